The number of hydrogen-bond acceptors (Lipinski definition) is 3. The number of aromatic nitrogens is 1. The zero-order valence-corrected chi connectivity index (χ0v) is 13.5. The van der Waals surface area contributed by atoms with Crippen molar-refractivity contribution in [2.45, 2.75) is 25.6 Å². The zero-order valence-electron chi connectivity index (χ0n) is 11.9. The normalized spacial score (nSPS) is 10.4. The molecule has 0 saturated carbocycles. The summed E-state index contributed by atoms with van der Waals surface area (Å²) in [6, 6.07) is 8.03. The summed E-state index contributed by atoms with van der Waals surface area (Å²) in [4.78, 5) is 4.35. The van der Waals surface area contributed by atoms with E-state index in [1.54, 1.807) is 7.11 Å². The Labute approximate surface area is 128 Å². The number of hydrogen-bond donors (Lipinski definition) is 0. The molecule has 2 rings (SSSR count). The lowest BCUT2D eigenvalue weighted by Crippen LogP contribution is -1.96. The summed E-state index contributed by atoms with van der Waals surface area (Å²) in [5.41, 5.74) is 3.35. The summed E-state index contributed by atoms with van der Waals surface area (Å²) in [5.74, 6) is 2.03. The molecule has 1 aromatic heterocycles. The van der Waals surface area contributed by atoms with Crippen LogP contribution in [0.2, 0.25) is 0 Å². The Morgan fingerprint density at radius 3 is 2.55 bits per heavy atom. The number of alkyl halides is 1. The zero-order chi connectivity index (χ0) is 14.5. The topological polar surface area (TPSA) is 31.4 Å². The number of methoxy groups -OCH3 is 1. The van der Waals surface area contributed by atoms with Gasteiger partial charge in [0.1, 0.15) is 0 Å². The summed E-state index contributed by atoms with van der Waals surface area (Å²) < 4.78 is 11.3. The van der Waals surface area contributed by atoms with Gasteiger partial charge >= 0.3 is 0 Å². The van der Waals surface area contributed by atoms with Crippen LogP contribution in [0, 0.1) is 6.92 Å². The van der Waals surface area contributed by atoms with E-state index in [9.17, 15) is 0 Å². The Hall–Kier alpha value is -1.55. The van der Waals surface area contributed by atoms with Gasteiger partial charge in [0, 0.05) is 17.1 Å². The Balaban J connectivity index is 2.29. The third kappa shape index (κ3) is 3.31. The maximum atomic E-state index is 5.88. The second kappa shape index (κ2) is 6.75. The highest BCUT2D eigenvalue weighted by Gasteiger charge is 2.09. The van der Waals surface area contributed by atoms with Crippen LogP contribution in [0.1, 0.15) is 23.6 Å². The molecule has 2 aromatic rings. The number of rotatable bonds is 5. The number of nitrogens with zero attached hydrogens (tertiary/aromatic N) is 1. The second-order valence-electron chi connectivity index (χ2n) is 4.54. The summed E-state index contributed by atoms with van der Waals surface area (Å²) in [5, 5.41) is 0.787. The monoisotopic (exact) mass is 335 g/mol. The Kier molecular flexibility index (Phi) is 5.01. The molecule has 1 heterocycles. The number of pyridine rings is 1. The van der Waals surface area contributed by atoms with Crippen LogP contribution in [-0.2, 0) is 11.8 Å². The molecule has 4 heteroatoms. The fourth-order valence-corrected chi connectivity index (χ4v) is 2.23. The third-order valence-corrected chi connectivity index (χ3v) is 3.73. The first-order valence-corrected chi connectivity index (χ1v) is 7.66. The smallest absolute Gasteiger partial charge is 0.222 e. The summed E-state index contributed by atoms with van der Waals surface area (Å²) >= 11 is 3.42. The van der Waals surface area contributed by atoms with Gasteiger partial charge in [0.2, 0.25) is 5.88 Å². The molecule has 0 amide bonds. The minimum absolute atomic E-state index is 0.609. The molecule has 0 bridgehead atoms. The van der Waals surface area contributed by atoms with Crippen molar-refractivity contribution in [2.24, 2.45) is 0 Å². The summed E-state index contributed by atoms with van der Waals surface area (Å²) in [6.45, 7) is 4.10. The van der Waals surface area contributed by atoms with Gasteiger partial charge in [-0.15, -0.1) is 0 Å². The molecule has 0 radical (unpaired) electrons. The molecule has 0 unspecified atom stereocenters. The number of aryl methyl sites for hydroxylation is 2. The van der Waals surface area contributed by atoms with E-state index in [4.69, 9.17) is 9.47 Å². The minimum Gasteiger partial charge on any atom is -0.493 e. The first-order chi connectivity index (χ1) is 9.67. The van der Waals surface area contributed by atoms with Crippen molar-refractivity contribution >= 4 is 15.9 Å². The Morgan fingerprint density at radius 2 is 1.95 bits per heavy atom. The average molecular weight is 336 g/mol. The van der Waals surface area contributed by atoms with E-state index in [0.717, 1.165) is 28.6 Å². The van der Waals surface area contributed by atoms with Gasteiger partial charge in [-0.05, 0) is 42.7 Å². The Morgan fingerprint density at radius 1 is 1.15 bits per heavy atom. The lowest BCUT2D eigenvalue weighted by Gasteiger charge is -2.12. The molecule has 0 saturated heterocycles. The average Bonchev–Trinajstić information content (AvgIpc) is 2.49. The van der Waals surface area contributed by atoms with Crippen LogP contribution in [0.25, 0.3) is 0 Å². The van der Waals surface area contributed by atoms with Gasteiger partial charge in [-0.1, -0.05) is 28.9 Å². The van der Waals surface area contributed by atoms with E-state index in [1.165, 1.54) is 5.56 Å². The molecular weight excluding hydrogens is 318 g/mol. The predicted molar refractivity (Wildman–Crippen MR) is 84.1 cm³/mol. The van der Waals surface area contributed by atoms with Crippen LogP contribution in [0.3, 0.4) is 0 Å². The van der Waals surface area contributed by atoms with Crippen molar-refractivity contribution in [3.8, 4) is 17.4 Å². The van der Waals surface area contributed by atoms with Gasteiger partial charge in [0.25, 0.3) is 0 Å². The standard InChI is InChI=1S/C16H18BrNO2/c1-4-12-5-6-14(15(8-12)19-3)20-16-11(2)7-13(9-17)10-18-16/h5-8,10H,4,9H2,1-3H3. The first-order valence-electron chi connectivity index (χ1n) is 6.54. The van der Waals surface area contributed by atoms with E-state index in [0.29, 0.717) is 11.6 Å². The van der Waals surface area contributed by atoms with Gasteiger partial charge in [-0.3, -0.25) is 0 Å². The third-order valence-electron chi connectivity index (χ3n) is 3.08. The summed E-state index contributed by atoms with van der Waals surface area (Å²) in [7, 11) is 1.65. The maximum absolute atomic E-state index is 5.88. The van der Waals surface area contributed by atoms with Crippen molar-refractivity contribution in [2.75, 3.05) is 7.11 Å². The van der Waals surface area contributed by atoms with Crippen molar-refractivity contribution < 1.29 is 9.47 Å². The molecule has 0 aliphatic carbocycles. The van der Waals surface area contributed by atoms with E-state index in [1.807, 2.05) is 31.3 Å². The van der Waals surface area contributed by atoms with Gasteiger partial charge in [0.15, 0.2) is 11.5 Å². The highest BCUT2D eigenvalue weighted by atomic mass is 79.9. The first kappa shape index (κ1) is 14.9. The molecule has 0 aliphatic heterocycles. The van der Waals surface area contributed by atoms with E-state index < -0.39 is 0 Å². The highest BCUT2D eigenvalue weighted by Crippen LogP contribution is 2.33. The van der Waals surface area contributed by atoms with Crippen LogP contribution in [0.15, 0.2) is 30.5 Å². The van der Waals surface area contributed by atoms with Crippen LogP contribution >= 0.6 is 15.9 Å². The molecule has 106 valence electrons. The van der Waals surface area contributed by atoms with Gasteiger partial charge in [-0.25, -0.2) is 4.98 Å². The highest BCUT2D eigenvalue weighted by molar-refractivity contribution is 9.08. The molecule has 0 aliphatic rings. The largest absolute Gasteiger partial charge is 0.493 e. The Bertz CT molecular complexity index is 599. The van der Waals surface area contributed by atoms with E-state index in [2.05, 4.69) is 33.9 Å². The van der Waals surface area contributed by atoms with Gasteiger partial charge in [-0.2, -0.15) is 0 Å². The van der Waals surface area contributed by atoms with Gasteiger partial charge < -0.3 is 9.47 Å². The molecule has 0 atom stereocenters. The SMILES string of the molecule is CCc1ccc(Oc2ncc(CBr)cc2C)c(OC)c1. The van der Waals surface area contributed by atoms with Crippen LogP contribution < -0.4 is 9.47 Å². The van der Waals surface area contributed by atoms with Crippen LogP contribution in [-0.4, -0.2) is 12.1 Å². The van der Waals surface area contributed by atoms with E-state index in [-0.39, 0.29) is 0 Å². The second-order valence-corrected chi connectivity index (χ2v) is 5.10. The predicted octanol–water partition coefficient (Wildman–Crippen LogP) is 4.65. The van der Waals surface area contributed by atoms with Crippen molar-refractivity contribution in [3.63, 3.8) is 0 Å². The fourth-order valence-electron chi connectivity index (χ4n) is 1.92. The molecule has 20 heavy (non-hydrogen) atoms. The molecule has 0 N–H and O–H groups in total. The van der Waals surface area contributed by atoms with Crippen molar-refractivity contribution in [1.29, 1.82) is 0 Å². The molecule has 0 fully saturated rings. The molecular formula is C16H18BrNO2. The van der Waals surface area contributed by atoms with Crippen molar-refractivity contribution in [3.05, 3.63) is 47.2 Å². The van der Waals surface area contributed by atoms with Crippen LogP contribution in [0.4, 0.5) is 0 Å². The molecule has 1 aromatic carbocycles. The fraction of sp³-hybridized carbons (Fsp3) is 0.312. The lowest BCUT2D eigenvalue weighted by atomic mass is 10.1. The van der Waals surface area contributed by atoms with Crippen LogP contribution in [0.5, 0.6) is 17.4 Å². The quantitative estimate of drug-likeness (QED) is 0.745. The van der Waals surface area contributed by atoms with Crippen molar-refractivity contribution in [1.82, 2.24) is 4.98 Å². The minimum atomic E-state index is 0.609. The number of benzene rings is 1. The van der Waals surface area contributed by atoms with E-state index >= 15 is 0 Å². The molecule has 3 nitrogen and oxygen atoms in total. The molecule has 0 spiro atoms. The van der Waals surface area contributed by atoms with Gasteiger partial charge in [0.05, 0.1) is 7.11 Å². The number of ether oxygens (including phenoxy) is 2. The summed E-state index contributed by atoms with van der Waals surface area (Å²) in [6.07, 6.45) is 2.78. The number of halogens is 1. The maximum Gasteiger partial charge on any atom is 0.222 e. The lowest BCUT2D eigenvalue weighted by molar-refractivity contribution is 0.372.